The Morgan fingerprint density at radius 2 is 2.11 bits per heavy atom. The van der Waals surface area contributed by atoms with Crippen molar-refractivity contribution in [3.63, 3.8) is 0 Å². The Morgan fingerprint density at radius 3 is 2.67 bits per heavy atom. The Labute approximate surface area is 113 Å². The highest BCUT2D eigenvalue weighted by Gasteiger charge is 2.20. The molecule has 6 heteroatoms. The first kappa shape index (κ1) is 12.9. The molecule has 0 radical (unpaired) electrons. The number of carbonyl (C=O) groups is 1. The third-order valence-electron chi connectivity index (χ3n) is 2.60. The number of thiophene rings is 2. The molecule has 2 aromatic rings. The number of methoxy groups -OCH3 is 2. The van der Waals surface area contributed by atoms with Crippen molar-refractivity contribution in [2.75, 3.05) is 20.0 Å². The van der Waals surface area contributed by atoms with Crippen molar-refractivity contribution in [2.45, 2.75) is 6.92 Å². The highest BCUT2D eigenvalue weighted by Crippen LogP contribution is 2.42. The van der Waals surface area contributed by atoms with Crippen LogP contribution in [0.25, 0.3) is 9.75 Å². The third-order valence-corrected chi connectivity index (χ3v) is 4.98. The van der Waals surface area contributed by atoms with E-state index in [0.29, 0.717) is 10.6 Å². The highest BCUT2D eigenvalue weighted by molar-refractivity contribution is 7.23. The number of hydrogen-bond donors (Lipinski definition) is 1. The summed E-state index contributed by atoms with van der Waals surface area (Å²) in [7, 11) is 2.98. The van der Waals surface area contributed by atoms with Crippen LogP contribution in [0, 0.1) is 6.92 Å². The summed E-state index contributed by atoms with van der Waals surface area (Å²) < 4.78 is 9.87. The first-order chi connectivity index (χ1) is 8.58. The van der Waals surface area contributed by atoms with Gasteiger partial charge in [0.1, 0.15) is 10.6 Å². The Bertz CT molecular complexity index is 586. The third kappa shape index (κ3) is 2.09. The molecule has 0 aliphatic carbocycles. The molecule has 0 amide bonds. The van der Waals surface area contributed by atoms with Gasteiger partial charge in [0.15, 0.2) is 0 Å². The lowest BCUT2D eigenvalue weighted by Crippen LogP contribution is -2.01. The molecular weight excluding hydrogens is 270 g/mol. The summed E-state index contributed by atoms with van der Waals surface area (Å²) in [5.74, 6) is 0.413. The van der Waals surface area contributed by atoms with Crippen LogP contribution < -0.4 is 10.5 Å². The number of carbonyl (C=O) groups excluding carboxylic acids is 1. The number of nitrogen functional groups attached to an aromatic ring is 1. The molecule has 18 heavy (non-hydrogen) atoms. The van der Waals surface area contributed by atoms with Crippen LogP contribution in [0.4, 0.5) is 5.69 Å². The molecule has 2 rings (SSSR count). The molecule has 4 nitrogen and oxygen atoms in total. The molecule has 2 heterocycles. The molecule has 0 saturated heterocycles. The van der Waals surface area contributed by atoms with Gasteiger partial charge in [0.25, 0.3) is 0 Å². The van der Waals surface area contributed by atoms with Crippen molar-refractivity contribution < 1.29 is 14.3 Å². The Morgan fingerprint density at radius 1 is 1.39 bits per heavy atom. The predicted octanol–water partition coefficient (Wildman–Crippen LogP) is 3.16. The van der Waals surface area contributed by atoms with E-state index in [2.05, 4.69) is 0 Å². The molecule has 0 saturated carbocycles. The van der Waals surface area contributed by atoms with E-state index in [1.165, 1.54) is 18.4 Å². The predicted molar refractivity (Wildman–Crippen MR) is 74.7 cm³/mol. The van der Waals surface area contributed by atoms with Crippen LogP contribution in [0.15, 0.2) is 11.4 Å². The maximum atomic E-state index is 11.6. The van der Waals surface area contributed by atoms with Gasteiger partial charge in [0, 0.05) is 10.3 Å². The van der Waals surface area contributed by atoms with Crippen molar-refractivity contribution in [1.29, 1.82) is 0 Å². The Kier molecular flexibility index (Phi) is 3.58. The zero-order chi connectivity index (χ0) is 13.3. The molecule has 96 valence electrons. The number of hydrogen-bond acceptors (Lipinski definition) is 6. The van der Waals surface area contributed by atoms with E-state index < -0.39 is 5.97 Å². The van der Waals surface area contributed by atoms with Gasteiger partial charge in [0.05, 0.1) is 24.8 Å². The zero-order valence-electron chi connectivity index (χ0n) is 10.3. The van der Waals surface area contributed by atoms with Gasteiger partial charge in [-0.25, -0.2) is 4.79 Å². The maximum Gasteiger partial charge on any atom is 0.350 e. The molecule has 0 bridgehead atoms. The molecule has 2 N–H and O–H groups in total. The van der Waals surface area contributed by atoms with Gasteiger partial charge >= 0.3 is 5.97 Å². The number of nitrogens with two attached hydrogens (primary N) is 1. The summed E-state index contributed by atoms with van der Waals surface area (Å²) in [6.45, 7) is 1.90. The van der Waals surface area contributed by atoms with Crippen molar-refractivity contribution in [1.82, 2.24) is 0 Å². The molecule has 0 spiro atoms. The topological polar surface area (TPSA) is 61.5 Å². The smallest absolute Gasteiger partial charge is 0.350 e. The van der Waals surface area contributed by atoms with Crippen LogP contribution in [0.2, 0.25) is 0 Å². The first-order valence-electron chi connectivity index (χ1n) is 5.18. The highest BCUT2D eigenvalue weighted by atomic mass is 32.1. The van der Waals surface area contributed by atoms with Gasteiger partial charge in [-0.15, -0.1) is 22.7 Å². The monoisotopic (exact) mass is 283 g/mol. The van der Waals surface area contributed by atoms with Crippen LogP contribution in [-0.2, 0) is 4.74 Å². The maximum absolute atomic E-state index is 11.6. The summed E-state index contributed by atoms with van der Waals surface area (Å²) >= 11 is 2.91. The van der Waals surface area contributed by atoms with Gasteiger partial charge in [-0.05, 0) is 18.6 Å². The Hall–Kier alpha value is -1.53. The Balaban J connectivity index is 2.49. The zero-order valence-corrected chi connectivity index (χ0v) is 11.9. The second-order valence-corrected chi connectivity index (χ2v) is 5.57. The summed E-state index contributed by atoms with van der Waals surface area (Å²) in [5.41, 5.74) is 7.34. The SMILES string of the molecule is COC(=O)c1sc(-c2cc(OC)cs2)c(C)c1N. The summed E-state index contributed by atoms with van der Waals surface area (Å²) in [5, 5.41) is 1.92. The molecule has 0 aliphatic heterocycles. The molecule has 2 aromatic heterocycles. The van der Waals surface area contributed by atoms with Gasteiger partial charge in [-0.2, -0.15) is 0 Å². The average Bonchev–Trinajstić information content (AvgIpc) is 2.95. The van der Waals surface area contributed by atoms with Crippen molar-refractivity contribution in [3.8, 4) is 15.5 Å². The summed E-state index contributed by atoms with van der Waals surface area (Å²) in [6.07, 6.45) is 0. The van der Waals surface area contributed by atoms with Gasteiger partial charge in [-0.3, -0.25) is 0 Å². The van der Waals surface area contributed by atoms with Crippen LogP contribution in [0.3, 0.4) is 0 Å². The van der Waals surface area contributed by atoms with Gasteiger partial charge < -0.3 is 15.2 Å². The fourth-order valence-corrected chi connectivity index (χ4v) is 3.73. The first-order valence-corrected chi connectivity index (χ1v) is 6.88. The van der Waals surface area contributed by atoms with Crippen molar-refractivity contribution >= 4 is 34.3 Å². The van der Waals surface area contributed by atoms with E-state index in [4.69, 9.17) is 15.2 Å². The van der Waals surface area contributed by atoms with E-state index >= 15 is 0 Å². The lowest BCUT2D eigenvalue weighted by atomic mass is 10.2. The fourth-order valence-electron chi connectivity index (χ4n) is 1.55. The second kappa shape index (κ2) is 4.99. The molecule has 0 unspecified atom stereocenters. The number of ether oxygens (including phenoxy) is 2. The van der Waals surface area contributed by atoms with Gasteiger partial charge in [-0.1, -0.05) is 0 Å². The van der Waals surface area contributed by atoms with E-state index in [-0.39, 0.29) is 0 Å². The van der Waals surface area contributed by atoms with E-state index in [9.17, 15) is 4.79 Å². The number of anilines is 1. The minimum absolute atomic E-state index is 0.393. The fraction of sp³-hybridized carbons (Fsp3) is 0.250. The average molecular weight is 283 g/mol. The number of rotatable bonds is 3. The van der Waals surface area contributed by atoms with E-state index in [1.54, 1.807) is 18.4 Å². The molecule has 0 aliphatic rings. The van der Waals surface area contributed by atoms with E-state index in [0.717, 1.165) is 21.1 Å². The molecule has 0 atom stereocenters. The van der Waals surface area contributed by atoms with Crippen LogP contribution >= 0.6 is 22.7 Å². The van der Waals surface area contributed by atoms with Crippen LogP contribution in [0.1, 0.15) is 15.2 Å². The minimum atomic E-state index is -0.393. The molecular formula is C12H13NO3S2. The van der Waals surface area contributed by atoms with E-state index in [1.807, 2.05) is 18.4 Å². The summed E-state index contributed by atoms with van der Waals surface area (Å²) in [6, 6.07) is 1.93. The van der Waals surface area contributed by atoms with Crippen molar-refractivity contribution in [2.24, 2.45) is 0 Å². The largest absolute Gasteiger partial charge is 0.496 e. The van der Waals surface area contributed by atoms with Crippen molar-refractivity contribution in [3.05, 3.63) is 21.9 Å². The minimum Gasteiger partial charge on any atom is -0.496 e. The normalized spacial score (nSPS) is 10.4. The van der Waals surface area contributed by atoms with Gasteiger partial charge in [0.2, 0.25) is 0 Å². The standard InChI is InChI=1S/C12H13NO3S2/c1-6-9(13)11(12(14)16-3)18-10(6)8-4-7(15-2)5-17-8/h4-5H,13H2,1-3H3. The molecule has 0 aromatic carbocycles. The second-order valence-electron chi connectivity index (χ2n) is 3.64. The lowest BCUT2D eigenvalue weighted by molar-refractivity contribution is 0.0607. The summed E-state index contributed by atoms with van der Waals surface area (Å²) in [4.78, 5) is 14.1. The van der Waals surface area contributed by atoms with Crippen LogP contribution in [0.5, 0.6) is 5.75 Å². The molecule has 0 fully saturated rings. The quantitative estimate of drug-likeness (QED) is 0.879. The lowest BCUT2D eigenvalue weighted by Gasteiger charge is -1.96. The number of esters is 1. The van der Waals surface area contributed by atoms with Crippen LogP contribution in [-0.4, -0.2) is 20.2 Å².